The first-order chi connectivity index (χ1) is 6.66. The van der Waals surface area contributed by atoms with E-state index in [1.165, 1.54) is 13.2 Å². The van der Waals surface area contributed by atoms with Crippen molar-refractivity contribution in [3.63, 3.8) is 0 Å². The normalized spacial score (nSPS) is 13.2. The minimum Gasteiger partial charge on any atom is -0.469 e. The summed E-state index contributed by atoms with van der Waals surface area (Å²) in [7, 11) is 1.25. The minimum atomic E-state index is -4.20. The third kappa shape index (κ3) is 8.03. The number of methoxy groups -OCH3 is 1. The van der Waals surface area contributed by atoms with Crippen LogP contribution < -0.4 is 0 Å². The molecule has 0 N–H and O–H groups in total. The van der Waals surface area contributed by atoms with Gasteiger partial charge in [-0.1, -0.05) is 26.0 Å². The Bertz CT molecular complexity index is 242. The molecule has 15 heavy (non-hydrogen) atoms. The summed E-state index contributed by atoms with van der Waals surface area (Å²) >= 11 is 0. The van der Waals surface area contributed by atoms with Crippen LogP contribution in [0.2, 0.25) is 0 Å². The fourth-order valence-corrected chi connectivity index (χ4v) is 1.01. The largest absolute Gasteiger partial charge is 0.469 e. The molecule has 0 fully saturated rings. The third-order valence-corrected chi connectivity index (χ3v) is 1.75. The van der Waals surface area contributed by atoms with Gasteiger partial charge in [-0.25, -0.2) is 0 Å². The maximum atomic E-state index is 11.8. The van der Waals surface area contributed by atoms with Gasteiger partial charge in [0.2, 0.25) is 0 Å². The van der Waals surface area contributed by atoms with Gasteiger partial charge in [0.15, 0.2) is 0 Å². The first-order valence-electron chi connectivity index (χ1n) is 4.47. The van der Waals surface area contributed by atoms with Gasteiger partial charge >= 0.3 is 12.1 Å². The van der Waals surface area contributed by atoms with Crippen molar-refractivity contribution < 1.29 is 22.7 Å². The number of carbonyl (C=O) groups excluding carboxylic acids is 1. The standard InChI is InChI=1S/C10H15F3O2/c1-9(2,7-8(14)15-3)5-4-6-10(11,12)13/h4-5H,6-7H2,1-3H3/b5-4+. The van der Waals surface area contributed by atoms with Crippen molar-refractivity contribution >= 4 is 5.97 Å². The van der Waals surface area contributed by atoms with E-state index in [0.717, 1.165) is 6.08 Å². The first kappa shape index (κ1) is 14.0. The van der Waals surface area contributed by atoms with Crippen LogP contribution in [0.5, 0.6) is 0 Å². The van der Waals surface area contributed by atoms with Crippen LogP contribution in [0.3, 0.4) is 0 Å². The van der Waals surface area contributed by atoms with Crippen molar-refractivity contribution in [2.24, 2.45) is 5.41 Å². The number of alkyl halides is 3. The molecule has 0 bridgehead atoms. The molecule has 2 nitrogen and oxygen atoms in total. The molecule has 0 aromatic rings. The van der Waals surface area contributed by atoms with E-state index < -0.39 is 24.0 Å². The molecule has 0 saturated heterocycles. The highest BCUT2D eigenvalue weighted by Crippen LogP contribution is 2.25. The summed E-state index contributed by atoms with van der Waals surface area (Å²) in [5.41, 5.74) is -0.613. The molecule has 0 heterocycles. The van der Waals surface area contributed by atoms with Crippen LogP contribution in [0.4, 0.5) is 13.2 Å². The van der Waals surface area contributed by atoms with Crippen molar-refractivity contribution in [3.8, 4) is 0 Å². The summed E-state index contributed by atoms with van der Waals surface area (Å²) < 4.78 is 39.9. The Morgan fingerprint density at radius 1 is 1.33 bits per heavy atom. The van der Waals surface area contributed by atoms with E-state index in [9.17, 15) is 18.0 Å². The predicted octanol–water partition coefficient (Wildman–Crippen LogP) is 3.08. The molecule has 0 spiro atoms. The Morgan fingerprint density at radius 3 is 2.27 bits per heavy atom. The molecule has 0 aliphatic carbocycles. The molecular weight excluding hydrogens is 209 g/mol. The highest BCUT2D eigenvalue weighted by atomic mass is 19.4. The second-order valence-electron chi connectivity index (χ2n) is 3.96. The van der Waals surface area contributed by atoms with E-state index in [1.807, 2.05) is 0 Å². The topological polar surface area (TPSA) is 26.3 Å². The predicted molar refractivity (Wildman–Crippen MR) is 50.2 cm³/mol. The molecule has 0 aliphatic heterocycles. The van der Waals surface area contributed by atoms with E-state index in [1.54, 1.807) is 13.8 Å². The lowest BCUT2D eigenvalue weighted by Gasteiger charge is -2.18. The number of esters is 1. The second kappa shape index (κ2) is 5.19. The summed E-state index contributed by atoms with van der Waals surface area (Å²) in [4.78, 5) is 10.9. The minimum absolute atomic E-state index is 0.0673. The second-order valence-corrected chi connectivity index (χ2v) is 3.96. The van der Waals surface area contributed by atoms with Crippen LogP contribution in [0.15, 0.2) is 12.2 Å². The number of hydrogen-bond donors (Lipinski definition) is 0. The van der Waals surface area contributed by atoms with Crippen LogP contribution in [0, 0.1) is 5.41 Å². The lowest BCUT2D eigenvalue weighted by atomic mass is 9.89. The molecule has 0 saturated carbocycles. The van der Waals surface area contributed by atoms with Crippen molar-refractivity contribution in [2.75, 3.05) is 7.11 Å². The summed E-state index contributed by atoms with van der Waals surface area (Å²) in [6.07, 6.45) is -2.69. The quantitative estimate of drug-likeness (QED) is 0.541. The van der Waals surface area contributed by atoms with Crippen LogP contribution >= 0.6 is 0 Å². The zero-order chi connectivity index (χ0) is 12.1. The molecule has 0 radical (unpaired) electrons. The van der Waals surface area contributed by atoms with Gasteiger partial charge in [0, 0.05) is 0 Å². The van der Waals surface area contributed by atoms with E-state index in [4.69, 9.17) is 0 Å². The van der Waals surface area contributed by atoms with E-state index in [-0.39, 0.29) is 6.42 Å². The lowest BCUT2D eigenvalue weighted by molar-refractivity contribution is -0.142. The van der Waals surface area contributed by atoms with Crippen LogP contribution in [0.1, 0.15) is 26.7 Å². The molecule has 88 valence electrons. The van der Waals surface area contributed by atoms with Gasteiger partial charge in [0.1, 0.15) is 0 Å². The van der Waals surface area contributed by atoms with Crippen LogP contribution in [0.25, 0.3) is 0 Å². The van der Waals surface area contributed by atoms with Crippen molar-refractivity contribution in [1.29, 1.82) is 0 Å². The van der Waals surface area contributed by atoms with Gasteiger partial charge in [0.25, 0.3) is 0 Å². The molecule has 0 aliphatic rings. The number of rotatable bonds is 4. The summed E-state index contributed by atoms with van der Waals surface area (Å²) in [5.74, 6) is -0.434. The molecule has 0 aromatic heterocycles. The van der Waals surface area contributed by atoms with Crippen molar-refractivity contribution in [3.05, 3.63) is 12.2 Å². The van der Waals surface area contributed by atoms with Crippen molar-refractivity contribution in [2.45, 2.75) is 32.9 Å². The van der Waals surface area contributed by atoms with E-state index in [2.05, 4.69) is 4.74 Å². The Kier molecular flexibility index (Phi) is 4.84. The molecule has 0 unspecified atom stereocenters. The van der Waals surface area contributed by atoms with Gasteiger partial charge in [-0.3, -0.25) is 4.79 Å². The molecule has 0 amide bonds. The number of halogens is 3. The SMILES string of the molecule is COC(=O)CC(C)(C)/C=C/CC(F)(F)F. The fourth-order valence-electron chi connectivity index (χ4n) is 1.01. The Morgan fingerprint density at radius 2 is 1.87 bits per heavy atom. The third-order valence-electron chi connectivity index (χ3n) is 1.75. The summed E-state index contributed by atoms with van der Waals surface area (Å²) in [5, 5.41) is 0. The number of ether oxygens (including phenoxy) is 1. The smallest absolute Gasteiger partial charge is 0.392 e. The molecule has 5 heteroatoms. The monoisotopic (exact) mass is 224 g/mol. The average molecular weight is 224 g/mol. The Hall–Kier alpha value is -1.00. The fraction of sp³-hybridized carbons (Fsp3) is 0.700. The summed E-state index contributed by atoms with van der Waals surface area (Å²) in [6, 6.07) is 0. The Balaban J connectivity index is 4.19. The Labute approximate surface area is 87.1 Å². The molecular formula is C10H15F3O2. The molecule has 0 atom stereocenters. The van der Waals surface area contributed by atoms with Gasteiger partial charge in [-0.15, -0.1) is 0 Å². The summed E-state index contributed by atoms with van der Waals surface area (Å²) in [6.45, 7) is 3.35. The number of hydrogen-bond acceptors (Lipinski definition) is 2. The average Bonchev–Trinajstić information content (AvgIpc) is 2.00. The van der Waals surface area contributed by atoms with Crippen LogP contribution in [-0.2, 0) is 9.53 Å². The highest BCUT2D eigenvalue weighted by molar-refractivity contribution is 5.70. The van der Waals surface area contributed by atoms with Crippen LogP contribution in [-0.4, -0.2) is 19.3 Å². The maximum Gasteiger partial charge on any atom is 0.392 e. The van der Waals surface area contributed by atoms with Gasteiger partial charge in [0.05, 0.1) is 20.0 Å². The number of allylic oxidation sites excluding steroid dienone is 2. The van der Waals surface area contributed by atoms with E-state index in [0.29, 0.717) is 0 Å². The van der Waals surface area contributed by atoms with E-state index >= 15 is 0 Å². The molecule has 0 aromatic carbocycles. The van der Waals surface area contributed by atoms with Gasteiger partial charge in [-0.05, 0) is 5.41 Å². The first-order valence-corrected chi connectivity index (χ1v) is 4.47. The zero-order valence-corrected chi connectivity index (χ0v) is 9.02. The zero-order valence-electron chi connectivity index (χ0n) is 9.02. The lowest BCUT2D eigenvalue weighted by Crippen LogP contribution is -2.16. The van der Waals surface area contributed by atoms with Gasteiger partial charge < -0.3 is 4.74 Å². The molecule has 0 rings (SSSR count). The highest BCUT2D eigenvalue weighted by Gasteiger charge is 2.26. The number of carbonyl (C=O) groups is 1. The maximum absolute atomic E-state index is 11.8. The van der Waals surface area contributed by atoms with Crippen molar-refractivity contribution in [1.82, 2.24) is 0 Å². The van der Waals surface area contributed by atoms with Gasteiger partial charge in [-0.2, -0.15) is 13.2 Å².